The normalized spacial score (nSPS) is 10.8. The molecular weight excluding hydrogens is 335 g/mol. The minimum absolute atomic E-state index is 0.264. The first-order valence-corrected chi connectivity index (χ1v) is 7.18. The number of carbonyl (C=O) groups is 1. The number of aromatic amines is 1. The fourth-order valence-corrected chi connectivity index (χ4v) is 2.65. The molecule has 3 rings (SSSR count). The zero-order valence-electron chi connectivity index (χ0n) is 11.2. The highest BCUT2D eigenvalue weighted by atomic mass is 79.9. The van der Waals surface area contributed by atoms with Crippen molar-refractivity contribution in [2.75, 3.05) is 5.32 Å². The van der Waals surface area contributed by atoms with E-state index in [4.69, 9.17) is 0 Å². The van der Waals surface area contributed by atoms with Gasteiger partial charge >= 0.3 is 0 Å². The van der Waals surface area contributed by atoms with Gasteiger partial charge in [0.2, 0.25) is 0 Å². The molecule has 1 heterocycles. The van der Waals surface area contributed by atoms with E-state index in [9.17, 15) is 9.18 Å². The van der Waals surface area contributed by atoms with Crippen LogP contribution in [0.15, 0.2) is 46.9 Å². The number of hydrogen-bond donors (Lipinski definition) is 2. The van der Waals surface area contributed by atoms with E-state index in [0.29, 0.717) is 10.2 Å². The quantitative estimate of drug-likeness (QED) is 0.698. The molecule has 0 saturated heterocycles. The van der Waals surface area contributed by atoms with Crippen LogP contribution in [-0.4, -0.2) is 10.9 Å². The summed E-state index contributed by atoms with van der Waals surface area (Å²) in [5, 5.41) is 3.80. The van der Waals surface area contributed by atoms with Crippen LogP contribution in [0.2, 0.25) is 0 Å². The number of carbonyl (C=O) groups excluding carboxylic acids is 1. The predicted octanol–water partition coefficient (Wildman–Crippen LogP) is 4.63. The lowest BCUT2D eigenvalue weighted by atomic mass is 10.2. The zero-order chi connectivity index (χ0) is 15.0. The maximum absolute atomic E-state index is 13.3. The van der Waals surface area contributed by atoms with E-state index in [1.807, 2.05) is 31.2 Å². The molecule has 106 valence electrons. The third-order valence-corrected chi connectivity index (χ3v) is 3.88. The van der Waals surface area contributed by atoms with Crippen molar-refractivity contribution in [3.05, 3.63) is 64.0 Å². The molecule has 5 heteroatoms. The van der Waals surface area contributed by atoms with Gasteiger partial charge in [0.15, 0.2) is 0 Å². The van der Waals surface area contributed by atoms with Crippen LogP contribution >= 0.6 is 15.9 Å². The van der Waals surface area contributed by atoms with Crippen LogP contribution in [0.3, 0.4) is 0 Å². The molecule has 0 aliphatic carbocycles. The molecule has 0 fully saturated rings. The Morgan fingerprint density at radius 2 is 2.00 bits per heavy atom. The Kier molecular flexibility index (Phi) is 3.51. The van der Waals surface area contributed by atoms with Crippen molar-refractivity contribution < 1.29 is 9.18 Å². The minimum Gasteiger partial charge on any atom is -0.359 e. The first kappa shape index (κ1) is 13.8. The van der Waals surface area contributed by atoms with Gasteiger partial charge in [0.05, 0.1) is 5.56 Å². The van der Waals surface area contributed by atoms with Gasteiger partial charge in [-0.25, -0.2) is 4.39 Å². The van der Waals surface area contributed by atoms with Crippen LogP contribution < -0.4 is 5.32 Å². The van der Waals surface area contributed by atoms with Crippen molar-refractivity contribution in [2.24, 2.45) is 0 Å². The number of amides is 1. The average Bonchev–Trinajstić information content (AvgIpc) is 2.80. The van der Waals surface area contributed by atoms with Crippen LogP contribution in [-0.2, 0) is 0 Å². The van der Waals surface area contributed by atoms with Gasteiger partial charge in [-0.15, -0.1) is 0 Å². The average molecular weight is 347 g/mol. The minimum atomic E-state index is -0.444. The molecule has 1 amide bonds. The zero-order valence-corrected chi connectivity index (χ0v) is 12.8. The Balaban J connectivity index is 1.90. The SMILES string of the molecule is Cc1cc2cc(NC(=O)c3cc(F)ccc3Br)ccc2[nH]1. The van der Waals surface area contributed by atoms with Gasteiger partial charge in [0.25, 0.3) is 5.91 Å². The molecule has 0 aliphatic rings. The fraction of sp³-hybridized carbons (Fsp3) is 0.0625. The van der Waals surface area contributed by atoms with Crippen molar-refractivity contribution in [3.8, 4) is 0 Å². The molecule has 0 bridgehead atoms. The summed E-state index contributed by atoms with van der Waals surface area (Å²) in [5.41, 5.74) is 3.00. The van der Waals surface area contributed by atoms with Crippen molar-refractivity contribution in [3.63, 3.8) is 0 Å². The second-order valence-corrected chi connectivity index (χ2v) is 5.69. The summed E-state index contributed by atoms with van der Waals surface area (Å²) >= 11 is 3.26. The van der Waals surface area contributed by atoms with Gasteiger partial charge in [-0.3, -0.25) is 4.79 Å². The van der Waals surface area contributed by atoms with E-state index in [2.05, 4.69) is 26.2 Å². The summed E-state index contributed by atoms with van der Waals surface area (Å²) in [6.45, 7) is 1.97. The monoisotopic (exact) mass is 346 g/mol. The maximum Gasteiger partial charge on any atom is 0.256 e. The second-order valence-electron chi connectivity index (χ2n) is 4.83. The van der Waals surface area contributed by atoms with Gasteiger partial charge in [0.1, 0.15) is 5.82 Å². The number of benzene rings is 2. The summed E-state index contributed by atoms with van der Waals surface area (Å²) in [4.78, 5) is 15.4. The molecule has 21 heavy (non-hydrogen) atoms. The van der Waals surface area contributed by atoms with Crippen LogP contribution in [0.25, 0.3) is 10.9 Å². The number of H-pyrrole nitrogens is 1. The number of nitrogens with one attached hydrogen (secondary N) is 2. The molecule has 3 nitrogen and oxygen atoms in total. The van der Waals surface area contributed by atoms with E-state index < -0.39 is 5.82 Å². The van der Waals surface area contributed by atoms with Crippen LogP contribution in [0.5, 0.6) is 0 Å². The van der Waals surface area contributed by atoms with Crippen LogP contribution in [0.4, 0.5) is 10.1 Å². The Bertz CT molecular complexity index is 841. The molecule has 2 N–H and O–H groups in total. The number of halogens is 2. The second kappa shape index (κ2) is 5.33. The van der Waals surface area contributed by atoms with Crippen molar-refractivity contribution in [2.45, 2.75) is 6.92 Å². The molecule has 0 unspecified atom stereocenters. The number of hydrogen-bond acceptors (Lipinski definition) is 1. The van der Waals surface area contributed by atoms with Gasteiger partial charge in [-0.05, 0) is 65.3 Å². The van der Waals surface area contributed by atoms with Gasteiger partial charge in [-0.2, -0.15) is 0 Å². The Labute approximate surface area is 129 Å². The first-order chi connectivity index (χ1) is 10.0. The third-order valence-electron chi connectivity index (χ3n) is 3.19. The summed E-state index contributed by atoms with van der Waals surface area (Å²) < 4.78 is 13.8. The number of aromatic nitrogens is 1. The standard InChI is InChI=1S/C16H12BrFN2O/c1-9-6-10-7-12(3-5-15(10)19-9)20-16(21)13-8-11(18)2-4-14(13)17/h2-8,19H,1H3,(H,20,21). The van der Waals surface area contributed by atoms with Crippen molar-refractivity contribution in [1.29, 1.82) is 0 Å². The van der Waals surface area contributed by atoms with E-state index in [1.165, 1.54) is 18.2 Å². The van der Waals surface area contributed by atoms with E-state index in [0.717, 1.165) is 16.6 Å². The molecule has 0 saturated carbocycles. The maximum atomic E-state index is 13.3. The highest BCUT2D eigenvalue weighted by Crippen LogP contribution is 2.22. The van der Waals surface area contributed by atoms with Gasteiger partial charge in [0, 0.05) is 26.8 Å². The molecule has 3 aromatic rings. The molecule has 2 aromatic carbocycles. The summed E-state index contributed by atoms with van der Waals surface area (Å²) in [5.74, 6) is -0.798. The fourth-order valence-electron chi connectivity index (χ4n) is 2.23. The Morgan fingerprint density at radius 3 is 2.81 bits per heavy atom. The summed E-state index contributed by atoms with van der Waals surface area (Å²) in [6.07, 6.45) is 0. The van der Waals surface area contributed by atoms with Gasteiger partial charge in [-0.1, -0.05) is 0 Å². The van der Waals surface area contributed by atoms with Crippen LogP contribution in [0, 0.1) is 12.7 Å². The molecule has 1 aromatic heterocycles. The summed E-state index contributed by atoms with van der Waals surface area (Å²) in [6, 6.07) is 11.6. The Morgan fingerprint density at radius 1 is 1.19 bits per heavy atom. The molecular formula is C16H12BrFN2O. The topological polar surface area (TPSA) is 44.9 Å². The van der Waals surface area contributed by atoms with E-state index >= 15 is 0 Å². The molecule has 0 spiro atoms. The third kappa shape index (κ3) is 2.83. The Hall–Kier alpha value is -2.14. The largest absolute Gasteiger partial charge is 0.359 e. The molecule has 0 atom stereocenters. The lowest BCUT2D eigenvalue weighted by Crippen LogP contribution is -2.12. The smallest absolute Gasteiger partial charge is 0.256 e. The van der Waals surface area contributed by atoms with Crippen molar-refractivity contribution >= 4 is 38.4 Å². The highest BCUT2D eigenvalue weighted by Gasteiger charge is 2.12. The number of rotatable bonds is 2. The molecule has 0 aliphatic heterocycles. The van der Waals surface area contributed by atoms with E-state index in [-0.39, 0.29) is 11.5 Å². The number of anilines is 1. The predicted molar refractivity (Wildman–Crippen MR) is 85.1 cm³/mol. The summed E-state index contributed by atoms with van der Waals surface area (Å²) in [7, 11) is 0. The number of fused-ring (bicyclic) bond motifs is 1. The van der Waals surface area contributed by atoms with Gasteiger partial charge < -0.3 is 10.3 Å². The lowest BCUT2D eigenvalue weighted by molar-refractivity contribution is 0.102. The van der Waals surface area contributed by atoms with Crippen LogP contribution in [0.1, 0.15) is 16.1 Å². The van der Waals surface area contributed by atoms with Crippen molar-refractivity contribution in [1.82, 2.24) is 4.98 Å². The first-order valence-electron chi connectivity index (χ1n) is 6.39. The number of aryl methyl sites for hydroxylation is 1. The highest BCUT2D eigenvalue weighted by molar-refractivity contribution is 9.10. The molecule has 0 radical (unpaired) electrons. The van der Waals surface area contributed by atoms with E-state index in [1.54, 1.807) is 0 Å². The lowest BCUT2D eigenvalue weighted by Gasteiger charge is -2.07.